The van der Waals surface area contributed by atoms with Crippen LogP contribution in [0.15, 0.2) is 18.2 Å². The number of methoxy groups -OCH3 is 1. The summed E-state index contributed by atoms with van der Waals surface area (Å²) in [5.41, 5.74) is 2.83. The number of hydrogen-bond donors (Lipinski definition) is 1. The normalized spacial score (nSPS) is 21.7. The molecular weight excluding hydrogens is 248 g/mol. The third-order valence-corrected chi connectivity index (χ3v) is 4.63. The van der Waals surface area contributed by atoms with Gasteiger partial charge in [-0.15, -0.1) is 0 Å². The smallest absolute Gasteiger partial charge is 0.123 e. The van der Waals surface area contributed by atoms with Crippen LogP contribution in [0.1, 0.15) is 36.9 Å². The second kappa shape index (κ2) is 6.15. The highest BCUT2D eigenvalue weighted by Gasteiger charge is 2.38. The lowest BCUT2D eigenvalue weighted by Gasteiger charge is -2.36. The molecule has 1 unspecified atom stereocenters. The van der Waals surface area contributed by atoms with Gasteiger partial charge in [-0.2, -0.15) is 0 Å². The zero-order chi connectivity index (χ0) is 13.9. The van der Waals surface area contributed by atoms with E-state index in [0.29, 0.717) is 6.04 Å². The summed E-state index contributed by atoms with van der Waals surface area (Å²) in [6, 6.07) is 7.29. The van der Waals surface area contributed by atoms with E-state index in [1.54, 1.807) is 7.11 Å². The molecule has 1 saturated heterocycles. The minimum absolute atomic E-state index is 0.554. The van der Waals surface area contributed by atoms with Crippen LogP contribution in [0, 0.1) is 5.92 Å². The molecule has 110 valence electrons. The number of piperazine rings is 1. The highest BCUT2D eigenvalue weighted by atomic mass is 16.5. The van der Waals surface area contributed by atoms with Crippen LogP contribution < -0.4 is 10.1 Å². The highest BCUT2D eigenvalue weighted by Crippen LogP contribution is 2.47. The fraction of sp³-hybridized carbons (Fsp3) is 0.647. The molecule has 1 aromatic rings. The predicted octanol–water partition coefficient (Wildman–Crippen LogP) is 2.61. The Kier molecular flexibility index (Phi) is 4.27. The average Bonchev–Trinajstić information content (AvgIpc) is 3.33. The zero-order valence-electron chi connectivity index (χ0n) is 12.7. The molecule has 0 radical (unpaired) electrons. The SMILES string of the molecule is CCc1ccc(OC)c(C(C2CC2)N2CCNCC2)c1. The first-order valence-corrected chi connectivity index (χ1v) is 7.95. The number of hydrogen-bond acceptors (Lipinski definition) is 3. The first-order valence-electron chi connectivity index (χ1n) is 7.95. The molecule has 20 heavy (non-hydrogen) atoms. The van der Waals surface area contributed by atoms with Crippen LogP contribution in [-0.4, -0.2) is 38.2 Å². The molecule has 1 aliphatic heterocycles. The van der Waals surface area contributed by atoms with Crippen molar-refractivity contribution < 1.29 is 4.74 Å². The Balaban J connectivity index is 1.93. The molecule has 0 aromatic heterocycles. The van der Waals surface area contributed by atoms with Gasteiger partial charge in [0.1, 0.15) is 5.75 Å². The van der Waals surface area contributed by atoms with E-state index in [1.807, 2.05) is 0 Å². The monoisotopic (exact) mass is 274 g/mol. The molecule has 1 aliphatic carbocycles. The van der Waals surface area contributed by atoms with Gasteiger partial charge in [0, 0.05) is 37.8 Å². The van der Waals surface area contributed by atoms with E-state index in [2.05, 4.69) is 35.3 Å². The Hall–Kier alpha value is -1.06. The fourth-order valence-electron chi connectivity index (χ4n) is 3.36. The average molecular weight is 274 g/mol. The second-order valence-electron chi connectivity index (χ2n) is 6.00. The topological polar surface area (TPSA) is 24.5 Å². The Bertz CT molecular complexity index is 450. The van der Waals surface area contributed by atoms with Crippen molar-refractivity contribution in [3.05, 3.63) is 29.3 Å². The van der Waals surface area contributed by atoms with Gasteiger partial charge in [-0.3, -0.25) is 4.90 Å². The quantitative estimate of drug-likeness (QED) is 0.893. The third kappa shape index (κ3) is 2.84. The van der Waals surface area contributed by atoms with Crippen molar-refractivity contribution in [3.8, 4) is 5.75 Å². The van der Waals surface area contributed by atoms with Crippen LogP contribution >= 0.6 is 0 Å². The van der Waals surface area contributed by atoms with E-state index in [0.717, 1.165) is 44.3 Å². The van der Waals surface area contributed by atoms with E-state index < -0.39 is 0 Å². The van der Waals surface area contributed by atoms with Gasteiger partial charge in [0.2, 0.25) is 0 Å². The minimum atomic E-state index is 0.554. The van der Waals surface area contributed by atoms with Crippen molar-refractivity contribution in [3.63, 3.8) is 0 Å². The summed E-state index contributed by atoms with van der Waals surface area (Å²) in [5.74, 6) is 1.90. The van der Waals surface area contributed by atoms with Gasteiger partial charge in [-0.25, -0.2) is 0 Å². The summed E-state index contributed by atoms with van der Waals surface area (Å²) in [7, 11) is 1.80. The Morgan fingerprint density at radius 1 is 1.30 bits per heavy atom. The van der Waals surface area contributed by atoms with Crippen molar-refractivity contribution in [1.29, 1.82) is 0 Å². The van der Waals surface area contributed by atoms with Gasteiger partial charge >= 0.3 is 0 Å². The van der Waals surface area contributed by atoms with E-state index >= 15 is 0 Å². The maximum Gasteiger partial charge on any atom is 0.123 e. The Morgan fingerprint density at radius 2 is 2.05 bits per heavy atom. The maximum absolute atomic E-state index is 5.65. The van der Waals surface area contributed by atoms with E-state index in [4.69, 9.17) is 4.74 Å². The van der Waals surface area contributed by atoms with Crippen LogP contribution in [0.5, 0.6) is 5.75 Å². The molecule has 1 N–H and O–H groups in total. The van der Waals surface area contributed by atoms with Crippen molar-refractivity contribution in [2.75, 3.05) is 33.3 Å². The largest absolute Gasteiger partial charge is 0.496 e. The molecule has 1 atom stereocenters. The van der Waals surface area contributed by atoms with Crippen molar-refractivity contribution >= 4 is 0 Å². The minimum Gasteiger partial charge on any atom is -0.496 e. The molecule has 0 amide bonds. The molecular formula is C17H26N2O. The number of rotatable bonds is 5. The number of benzene rings is 1. The number of ether oxygens (including phenoxy) is 1. The molecule has 2 aliphatic rings. The van der Waals surface area contributed by atoms with Gasteiger partial charge in [-0.05, 0) is 36.8 Å². The number of aryl methyl sites for hydroxylation is 1. The standard InChI is InChI=1S/C17H26N2O/c1-3-13-4-7-16(20-2)15(12-13)17(14-5-6-14)19-10-8-18-9-11-19/h4,7,12,14,17-18H,3,5-6,8-11H2,1-2H3. The number of nitrogens with one attached hydrogen (secondary N) is 1. The van der Waals surface area contributed by atoms with Gasteiger partial charge in [0.25, 0.3) is 0 Å². The molecule has 2 fully saturated rings. The lowest BCUT2D eigenvalue weighted by molar-refractivity contribution is 0.153. The van der Waals surface area contributed by atoms with Crippen LogP contribution in [0.25, 0.3) is 0 Å². The van der Waals surface area contributed by atoms with E-state index in [1.165, 1.54) is 24.0 Å². The van der Waals surface area contributed by atoms with Crippen LogP contribution in [0.2, 0.25) is 0 Å². The molecule has 3 rings (SSSR count). The van der Waals surface area contributed by atoms with Crippen LogP contribution in [0.4, 0.5) is 0 Å². The van der Waals surface area contributed by atoms with Crippen LogP contribution in [0.3, 0.4) is 0 Å². The maximum atomic E-state index is 5.65. The molecule has 1 heterocycles. The summed E-state index contributed by atoms with van der Waals surface area (Å²) < 4.78 is 5.65. The summed E-state index contributed by atoms with van der Waals surface area (Å²) in [6.07, 6.45) is 3.83. The zero-order valence-corrected chi connectivity index (χ0v) is 12.7. The summed E-state index contributed by atoms with van der Waals surface area (Å²) in [4.78, 5) is 2.66. The van der Waals surface area contributed by atoms with Crippen molar-refractivity contribution in [1.82, 2.24) is 10.2 Å². The van der Waals surface area contributed by atoms with Crippen molar-refractivity contribution in [2.45, 2.75) is 32.2 Å². The molecule has 1 aromatic carbocycles. The summed E-state index contributed by atoms with van der Waals surface area (Å²) in [6.45, 7) is 6.75. The van der Waals surface area contributed by atoms with E-state index in [-0.39, 0.29) is 0 Å². The van der Waals surface area contributed by atoms with Crippen molar-refractivity contribution in [2.24, 2.45) is 5.92 Å². The fourth-order valence-corrected chi connectivity index (χ4v) is 3.36. The first kappa shape index (κ1) is 13.9. The molecule has 0 spiro atoms. The third-order valence-electron chi connectivity index (χ3n) is 4.63. The van der Waals surface area contributed by atoms with Gasteiger partial charge in [-0.1, -0.05) is 19.1 Å². The van der Waals surface area contributed by atoms with Gasteiger partial charge < -0.3 is 10.1 Å². The van der Waals surface area contributed by atoms with Gasteiger partial charge in [0.15, 0.2) is 0 Å². The lowest BCUT2D eigenvalue weighted by Crippen LogP contribution is -2.45. The second-order valence-corrected chi connectivity index (χ2v) is 6.00. The highest BCUT2D eigenvalue weighted by molar-refractivity contribution is 5.40. The predicted molar refractivity (Wildman–Crippen MR) is 82.3 cm³/mol. The summed E-state index contributed by atoms with van der Waals surface area (Å²) in [5, 5.41) is 3.46. The van der Waals surface area contributed by atoms with E-state index in [9.17, 15) is 0 Å². The first-order chi connectivity index (χ1) is 9.83. The van der Waals surface area contributed by atoms with Crippen LogP contribution in [-0.2, 0) is 6.42 Å². The summed E-state index contributed by atoms with van der Waals surface area (Å²) >= 11 is 0. The Morgan fingerprint density at radius 3 is 2.65 bits per heavy atom. The van der Waals surface area contributed by atoms with Gasteiger partial charge in [0.05, 0.1) is 7.11 Å². The number of nitrogens with zero attached hydrogens (tertiary/aromatic N) is 1. The molecule has 0 bridgehead atoms. The molecule has 1 saturated carbocycles. The Labute approximate surface area is 122 Å². The molecule has 3 heteroatoms. The molecule has 3 nitrogen and oxygen atoms in total. The lowest BCUT2D eigenvalue weighted by atomic mass is 9.96.